The predicted molar refractivity (Wildman–Crippen MR) is 77.3 cm³/mol. The lowest BCUT2D eigenvalue weighted by molar-refractivity contribution is 0.0479. The summed E-state index contributed by atoms with van der Waals surface area (Å²) in [5, 5.41) is 2.52. The van der Waals surface area contributed by atoms with Crippen LogP contribution in [0.5, 0.6) is 0 Å². The number of hydrogen-bond donors (Lipinski definition) is 0. The molecule has 5 nitrogen and oxygen atoms in total. The van der Waals surface area contributed by atoms with Gasteiger partial charge in [-0.1, -0.05) is 6.07 Å². The molecule has 0 aliphatic heterocycles. The number of hydrogen-bond acceptors (Lipinski definition) is 7. The van der Waals surface area contributed by atoms with Crippen LogP contribution in [0.25, 0.3) is 9.88 Å². The highest BCUT2D eigenvalue weighted by atomic mass is 32.1. The molecule has 0 N–H and O–H groups in total. The summed E-state index contributed by atoms with van der Waals surface area (Å²) in [5.41, 5.74) is 0.0266. The normalized spacial score (nSPS) is 10.3. The average Bonchev–Trinajstić information content (AvgIpc) is 3.08. The van der Waals surface area contributed by atoms with Gasteiger partial charge in [-0.15, -0.1) is 22.7 Å². The summed E-state index contributed by atoms with van der Waals surface area (Å²) in [6.07, 6.45) is 0. The summed E-state index contributed by atoms with van der Waals surface area (Å²) < 4.78 is 9.88. The molecule has 0 bridgehead atoms. The summed E-state index contributed by atoms with van der Waals surface area (Å²) in [6.45, 7) is 3.89. The van der Waals surface area contributed by atoms with Crippen molar-refractivity contribution in [2.75, 3.05) is 13.2 Å². The molecule has 0 radical (unpaired) electrons. The van der Waals surface area contributed by atoms with E-state index in [1.54, 1.807) is 13.8 Å². The van der Waals surface area contributed by atoms with Gasteiger partial charge in [-0.25, -0.2) is 14.6 Å². The molecule has 0 atom stereocenters. The van der Waals surface area contributed by atoms with Crippen LogP contribution in [0.3, 0.4) is 0 Å². The number of aromatic nitrogens is 1. The quantitative estimate of drug-likeness (QED) is 0.793. The molecule has 0 aromatic carbocycles. The zero-order chi connectivity index (χ0) is 14.5. The van der Waals surface area contributed by atoms with Crippen molar-refractivity contribution < 1.29 is 19.1 Å². The van der Waals surface area contributed by atoms with Crippen molar-refractivity contribution in [1.82, 2.24) is 4.98 Å². The first kappa shape index (κ1) is 14.7. The molecule has 20 heavy (non-hydrogen) atoms. The van der Waals surface area contributed by atoms with E-state index < -0.39 is 11.9 Å². The van der Waals surface area contributed by atoms with Crippen molar-refractivity contribution in [1.29, 1.82) is 0 Å². The van der Waals surface area contributed by atoms with Crippen molar-refractivity contribution in [2.24, 2.45) is 0 Å². The number of thiophene rings is 1. The van der Waals surface area contributed by atoms with Gasteiger partial charge in [0.05, 0.1) is 18.1 Å². The maximum absolute atomic E-state index is 11.9. The van der Waals surface area contributed by atoms with Crippen molar-refractivity contribution in [3.63, 3.8) is 0 Å². The second kappa shape index (κ2) is 6.62. The summed E-state index contributed by atoms with van der Waals surface area (Å²) in [4.78, 5) is 29.1. The number of carbonyl (C=O) groups is 2. The molecule has 0 amide bonds. The zero-order valence-corrected chi connectivity index (χ0v) is 12.7. The molecule has 7 heteroatoms. The third-order valence-electron chi connectivity index (χ3n) is 2.29. The van der Waals surface area contributed by atoms with Gasteiger partial charge >= 0.3 is 11.9 Å². The van der Waals surface area contributed by atoms with Gasteiger partial charge < -0.3 is 9.47 Å². The highest BCUT2D eigenvalue weighted by Crippen LogP contribution is 2.32. The second-order valence-electron chi connectivity index (χ2n) is 3.61. The second-order valence-corrected chi connectivity index (χ2v) is 5.56. The molecule has 2 rings (SSSR count). The third-order valence-corrected chi connectivity index (χ3v) is 4.36. The number of nitrogens with zero attached hydrogens (tertiary/aromatic N) is 1. The maximum atomic E-state index is 11.9. The molecule has 2 aromatic rings. The fourth-order valence-corrected chi connectivity index (χ4v) is 3.24. The van der Waals surface area contributed by atoms with Gasteiger partial charge in [0.1, 0.15) is 9.88 Å². The van der Waals surface area contributed by atoms with Crippen LogP contribution in [0.4, 0.5) is 0 Å². The van der Waals surface area contributed by atoms with Crippen LogP contribution in [-0.4, -0.2) is 30.1 Å². The van der Waals surface area contributed by atoms with Gasteiger partial charge in [0.25, 0.3) is 0 Å². The molecule has 0 aliphatic carbocycles. The lowest BCUT2D eigenvalue weighted by Crippen LogP contribution is -2.12. The van der Waals surface area contributed by atoms with Crippen molar-refractivity contribution >= 4 is 34.6 Å². The minimum Gasteiger partial charge on any atom is -0.462 e. The highest BCUT2D eigenvalue weighted by molar-refractivity contribution is 7.22. The smallest absolute Gasteiger partial charge is 0.358 e. The van der Waals surface area contributed by atoms with Crippen LogP contribution in [0.1, 0.15) is 34.0 Å². The Labute approximate surface area is 124 Å². The number of rotatable bonds is 5. The summed E-state index contributed by atoms with van der Waals surface area (Å²) in [5.74, 6) is -1.15. The van der Waals surface area contributed by atoms with Crippen LogP contribution in [0, 0.1) is 0 Å². The fourth-order valence-electron chi connectivity index (χ4n) is 1.50. The fraction of sp³-hybridized carbons (Fsp3) is 0.308. The van der Waals surface area contributed by atoms with E-state index in [0.717, 1.165) is 16.2 Å². The number of esters is 2. The molecular formula is C13H13NO4S2. The first-order valence-corrected chi connectivity index (χ1v) is 7.75. The van der Waals surface area contributed by atoms with Crippen molar-refractivity contribution in [3.05, 3.63) is 28.1 Å². The SMILES string of the molecule is CCOC(=O)c1nc(-c2cccs2)sc1C(=O)OCC. The van der Waals surface area contributed by atoms with E-state index in [0.29, 0.717) is 5.01 Å². The minimum atomic E-state index is -0.602. The Morgan fingerprint density at radius 3 is 2.50 bits per heavy atom. The minimum absolute atomic E-state index is 0.0266. The van der Waals surface area contributed by atoms with E-state index in [1.165, 1.54) is 11.3 Å². The summed E-state index contributed by atoms with van der Waals surface area (Å²) in [7, 11) is 0. The van der Waals surface area contributed by atoms with E-state index in [4.69, 9.17) is 9.47 Å². The summed E-state index contributed by atoms with van der Waals surface area (Å²) >= 11 is 2.64. The van der Waals surface area contributed by atoms with Crippen LogP contribution in [0.15, 0.2) is 17.5 Å². The third kappa shape index (κ3) is 3.05. The van der Waals surface area contributed by atoms with Crippen LogP contribution >= 0.6 is 22.7 Å². The van der Waals surface area contributed by atoms with Crippen LogP contribution < -0.4 is 0 Å². The number of carbonyl (C=O) groups excluding carboxylic acids is 2. The molecule has 0 saturated heterocycles. The Balaban J connectivity index is 2.41. The molecule has 2 aromatic heterocycles. The molecular weight excluding hydrogens is 298 g/mol. The Kier molecular flexibility index (Phi) is 4.86. The first-order valence-electron chi connectivity index (χ1n) is 6.06. The monoisotopic (exact) mass is 311 g/mol. The Hall–Kier alpha value is -1.73. The molecule has 0 spiro atoms. The molecule has 2 heterocycles. The number of ether oxygens (including phenoxy) is 2. The average molecular weight is 311 g/mol. The molecule has 0 aliphatic rings. The Morgan fingerprint density at radius 1 is 1.20 bits per heavy atom. The zero-order valence-electron chi connectivity index (χ0n) is 11.0. The van der Waals surface area contributed by atoms with Gasteiger partial charge in [-0.3, -0.25) is 0 Å². The topological polar surface area (TPSA) is 65.5 Å². The van der Waals surface area contributed by atoms with E-state index in [2.05, 4.69) is 4.98 Å². The van der Waals surface area contributed by atoms with E-state index in [9.17, 15) is 9.59 Å². The standard InChI is InChI=1S/C13H13NO4S2/c1-3-17-12(15)9-10(13(16)18-4-2)20-11(14-9)8-6-5-7-19-8/h5-7H,3-4H2,1-2H3. The van der Waals surface area contributed by atoms with E-state index in [1.807, 2.05) is 17.5 Å². The predicted octanol–water partition coefficient (Wildman–Crippen LogP) is 3.23. The van der Waals surface area contributed by atoms with Crippen molar-refractivity contribution in [2.45, 2.75) is 13.8 Å². The van der Waals surface area contributed by atoms with Crippen molar-refractivity contribution in [3.8, 4) is 9.88 Å². The lowest BCUT2D eigenvalue weighted by Gasteiger charge is -2.01. The van der Waals surface area contributed by atoms with E-state index in [-0.39, 0.29) is 23.8 Å². The van der Waals surface area contributed by atoms with Gasteiger partial charge in [0.2, 0.25) is 0 Å². The number of thiazole rings is 1. The van der Waals surface area contributed by atoms with Gasteiger partial charge in [0, 0.05) is 0 Å². The maximum Gasteiger partial charge on any atom is 0.358 e. The lowest BCUT2D eigenvalue weighted by atomic mass is 10.3. The Morgan fingerprint density at radius 2 is 1.90 bits per heavy atom. The molecule has 0 saturated carbocycles. The molecule has 0 unspecified atom stereocenters. The Bertz CT molecular complexity index is 568. The molecule has 0 fully saturated rings. The van der Waals surface area contributed by atoms with Crippen LogP contribution in [-0.2, 0) is 9.47 Å². The van der Waals surface area contributed by atoms with Crippen LogP contribution in [0.2, 0.25) is 0 Å². The largest absolute Gasteiger partial charge is 0.462 e. The van der Waals surface area contributed by atoms with E-state index >= 15 is 0 Å². The van der Waals surface area contributed by atoms with Gasteiger partial charge in [-0.05, 0) is 25.3 Å². The van der Waals surface area contributed by atoms with Gasteiger partial charge in [-0.2, -0.15) is 0 Å². The summed E-state index contributed by atoms with van der Waals surface area (Å²) in [6, 6.07) is 3.77. The first-order chi connectivity index (χ1) is 9.67. The highest BCUT2D eigenvalue weighted by Gasteiger charge is 2.26. The molecule has 106 valence electrons. The van der Waals surface area contributed by atoms with Gasteiger partial charge in [0.15, 0.2) is 5.69 Å².